The average Bonchev–Trinajstić information content (AvgIpc) is 2.30. The highest BCUT2D eigenvalue weighted by molar-refractivity contribution is 5.80. The summed E-state index contributed by atoms with van der Waals surface area (Å²) < 4.78 is 5.32. The fraction of sp³-hybridized carbons (Fsp3) is 0.818. The molecule has 0 aliphatic carbocycles. The molecule has 2 unspecified atom stereocenters. The van der Waals surface area contributed by atoms with Gasteiger partial charge in [-0.15, -0.1) is 0 Å². The van der Waals surface area contributed by atoms with E-state index in [1.165, 1.54) is 0 Å². The molecular weight excluding hydrogens is 208 g/mol. The van der Waals surface area contributed by atoms with E-state index < -0.39 is 5.60 Å². The predicted octanol–water partition coefficient (Wildman–Crippen LogP) is 0.884. The molecule has 0 spiro atoms. The van der Waals surface area contributed by atoms with Gasteiger partial charge in [-0.05, 0) is 27.2 Å². The van der Waals surface area contributed by atoms with E-state index in [1.807, 2.05) is 20.8 Å². The average molecular weight is 226 g/mol. The Kier molecular flexibility index (Phi) is 2.56. The van der Waals surface area contributed by atoms with E-state index >= 15 is 0 Å². The third-order valence-corrected chi connectivity index (χ3v) is 2.89. The van der Waals surface area contributed by atoms with Crippen molar-refractivity contribution >= 4 is 12.0 Å². The van der Waals surface area contributed by atoms with Crippen molar-refractivity contribution < 1.29 is 14.3 Å². The van der Waals surface area contributed by atoms with Crippen molar-refractivity contribution in [3.05, 3.63) is 0 Å². The van der Waals surface area contributed by atoms with Crippen molar-refractivity contribution in [1.82, 2.24) is 10.2 Å². The number of hydrogen-bond donors (Lipinski definition) is 1. The van der Waals surface area contributed by atoms with Crippen LogP contribution in [0, 0.1) is 0 Å². The Morgan fingerprint density at radius 1 is 1.44 bits per heavy atom. The smallest absolute Gasteiger partial charge is 0.410 e. The molecular formula is C11H18N2O3. The first kappa shape index (κ1) is 11.2. The van der Waals surface area contributed by atoms with Crippen LogP contribution in [-0.2, 0) is 9.53 Å². The van der Waals surface area contributed by atoms with Crippen molar-refractivity contribution in [2.75, 3.05) is 6.54 Å². The maximum atomic E-state index is 11.9. The number of amides is 2. The van der Waals surface area contributed by atoms with Crippen molar-refractivity contribution in [2.45, 2.75) is 51.3 Å². The Morgan fingerprint density at radius 3 is 2.75 bits per heavy atom. The first-order chi connectivity index (χ1) is 7.37. The molecule has 0 saturated carbocycles. The van der Waals surface area contributed by atoms with Gasteiger partial charge in [0.1, 0.15) is 5.60 Å². The molecule has 0 radical (unpaired) electrons. The van der Waals surface area contributed by atoms with Gasteiger partial charge in [0, 0.05) is 19.0 Å². The van der Waals surface area contributed by atoms with E-state index in [0.717, 1.165) is 6.42 Å². The highest BCUT2D eigenvalue weighted by Gasteiger charge is 2.46. The van der Waals surface area contributed by atoms with Crippen LogP contribution in [0.25, 0.3) is 0 Å². The molecule has 0 aromatic heterocycles. The maximum absolute atomic E-state index is 11.9. The minimum atomic E-state index is -0.479. The zero-order chi connectivity index (χ0) is 11.9. The molecule has 5 heteroatoms. The molecule has 2 bridgehead atoms. The molecule has 3 saturated heterocycles. The monoisotopic (exact) mass is 226 g/mol. The van der Waals surface area contributed by atoms with Crippen molar-refractivity contribution in [3.63, 3.8) is 0 Å². The van der Waals surface area contributed by atoms with Gasteiger partial charge in [-0.2, -0.15) is 0 Å². The van der Waals surface area contributed by atoms with Gasteiger partial charge in [-0.1, -0.05) is 0 Å². The molecule has 2 atom stereocenters. The van der Waals surface area contributed by atoms with E-state index in [4.69, 9.17) is 4.74 Å². The van der Waals surface area contributed by atoms with Crippen LogP contribution < -0.4 is 5.32 Å². The molecule has 0 aromatic rings. The van der Waals surface area contributed by atoms with Crippen LogP contribution in [0.15, 0.2) is 0 Å². The molecule has 5 nitrogen and oxygen atoms in total. The SMILES string of the molecule is CC(C)(C)OC(=O)N1C2CNC(=O)CC1C2. The topological polar surface area (TPSA) is 58.6 Å². The van der Waals surface area contributed by atoms with E-state index in [-0.39, 0.29) is 24.1 Å². The Balaban J connectivity index is 2.01. The Morgan fingerprint density at radius 2 is 2.12 bits per heavy atom. The molecule has 3 heterocycles. The quantitative estimate of drug-likeness (QED) is 0.667. The van der Waals surface area contributed by atoms with E-state index in [1.54, 1.807) is 4.90 Å². The van der Waals surface area contributed by atoms with Gasteiger partial charge in [-0.25, -0.2) is 4.79 Å². The summed E-state index contributed by atoms with van der Waals surface area (Å²) >= 11 is 0. The Hall–Kier alpha value is -1.26. The molecule has 2 amide bonds. The molecule has 3 aliphatic rings. The van der Waals surface area contributed by atoms with E-state index in [0.29, 0.717) is 13.0 Å². The third kappa shape index (κ3) is 2.13. The number of hydrogen-bond acceptors (Lipinski definition) is 3. The fourth-order valence-corrected chi connectivity index (χ4v) is 2.20. The molecule has 90 valence electrons. The zero-order valence-electron chi connectivity index (χ0n) is 9.95. The summed E-state index contributed by atoms with van der Waals surface area (Å²) in [7, 11) is 0. The second-order valence-electron chi connectivity index (χ2n) is 5.44. The van der Waals surface area contributed by atoms with Gasteiger partial charge in [0.2, 0.25) is 5.91 Å². The number of fused-ring (bicyclic) bond motifs is 3. The number of carbonyl (C=O) groups excluding carboxylic acids is 2. The maximum Gasteiger partial charge on any atom is 0.410 e. The van der Waals surface area contributed by atoms with Crippen molar-refractivity contribution in [3.8, 4) is 0 Å². The lowest BCUT2D eigenvalue weighted by molar-refractivity contribution is -0.121. The number of ether oxygens (including phenoxy) is 1. The van der Waals surface area contributed by atoms with E-state index in [9.17, 15) is 9.59 Å². The minimum absolute atomic E-state index is 0.0264. The standard InChI is InChI=1S/C11H18N2O3/c1-11(2,3)16-10(15)13-7-4-8(13)6-12-9(14)5-7/h7-8H,4-6H2,1-3H3,(H,12,14). The molecule has 3 fully saturated rings. The second kappa shape index (κ2) is 3.64. The van der Waals surface area contributed by atoms with Crippen LogP contribution in [0.4, 0.5) is 4.79 Å². The van der Waals surface area contributed by atoms with Crippen LogP contribution in [0.1, 0.15) is 33.6 Å². The van der Waals surface area contributed by atoms with Gasteiger partial charge in [0.05, 0.1) is 6.04 Å². The molecule has 3 aliphatic heterocycles. The van der Waals surface area contributed by atoms with Crippen LogP contribution in [0.2, 0.25) is 0 Å². The molecule has 1 N–H and O–H groups in total. The Labute approximate surface area is 95.1 Å². The van der Waals surface area contributed by atoms with Crippen LogP contribution in [0.3, 0.4) is 0 Å². The van der Waals surface area contributed by atoms with Crippen LogP contribution in [0.5, 0.6) is 0 Å². The van der Waals surface area contributed by atoms with Crippen molar-refractivity contribution in [2.24, 2.45) is 0 Å². The largest absolute Gasteiger partial charge is 0.444 e. The van der Waals surface area contributed by atoms with Gasteiger partial charge in [0.15, 0.2) is 0 Å². The summed E-state index contributed by atoms with van der Waals surface area (Å²) in [6.45, 7) is 6.09. The normalized spacial score (nSPS) is 28.9. The fourth-order valence-electron chi connectivity index (χ4n) is 2.20. The highest BCUT2D eigenvalue weighted by atomic mass is 16.6. The summed E-state index contributed by atoms with van der Waals surface area (Å²) in [5, 5.41) is 2.80. The van der Waals surface area contributed by atoms with Gasteiger partial charge < -0.3 is 10.1 Å². The Bertz CT molecular complexity index is 322. The zero-order valence-corrected chi connectivity index (χ0v) is 9.95. The summed E-state index contributed by atoms with van der Waals surface area (Å²) in [6, 6.07) is 0.147. The number of rotatable bonds is 0. The molecule has 3 rings (SSSR count). The summed E-state index contributed by atoms with van der Waals surface area (Å²) in [5.74, 6) is 0.0264. The van der Waals surface area contributed by atoms with Gasteiger partial charge in [0.25, 0.3) is 0 Å². The van der Waals surface area contributed by atoms with Crippen molar-refractivity contribution in [1.29, 1.82) is 0 Å². The number of nitrogens with zero attached hydrogens (tertiary/aromatic N) is 1. The lowest BCUT2D eigenvalue weighted by atomic mass is 9.93. The predicted molar refractivity (Wildman–Crippen MR) is 57.9 cm³/mol. The van der Waals surface area contributed by atoms with E-state index in [2.05, 4.69) is 5.32 Å². The third-order valence-electron chi connectivity index (χ3n) is 2.89. The van der Waals surface area contributed by atoms with Gasteiger partial charge >= 0.3 is 6.09 Å². The molecule has 16 heavy (non-hydrogen) atoms. The number of nitrogens with one attached hydrogen (secondary N) is 1. The lowest BCUT2D eigenvalue weighted by Gasteiger charge is -2.46. The molecule has 0 aromatic carbocycles. The first-order valence-corrected chi connectivity index (χ1v) is 5.65. The summed E-state index contributed by atoms with van der Waals surface area (Å²) in [6.07, 6.45) is 0.999. The van der Waals surface area contributed by atoms with Crippen LogP contribution in [-0.4, -0.2) is 41.1 Å². The highest BCUT2D eigenvalue weighted by Crippen LogP contribution is 2.31. The summed E-state index contributed by atoms with van der Waals surface area (Å²) in [4.78, 5) is 24.9. The summed E-state index contributed by atoms with van der Waals surface area (Å²) in [5.41, 5.74) is -0.479. The minimum Gasteiger partial charge on any atom is -0.444 e. The van der Waals surface area contributed by atoms with Crippen LogP contribution >= 0.6 is 0 Å². The second-order valence-corrected chi connectivity index (χ2v) is 5.44. The lowest BCUT2D eigenvalue weighted by Crippen LogP contribution is -2.60. The van der Waals surface area contributed by atoms with Gasteiger partial charge in [-0.3, -0.25) is 9.69 Å². The number of carbonyl (C=O) groups is 2. The first-order valence-electron chi connectivity index (χ1n) is 5.65.